The van der Waals surface area contributed by atoms with Gasteiger partial charge in [-0.3, -0.25) is 4.79 Å². The third kappa shape index (κ3) is 3.95. The van der Waals surface area contributed by atoms with Gasteiger partial charge in [-0.25, -0.2) is 22.7 Å². The fraction of sp³-hybridized carbons (Fsp3) is 0.0952. The highest BCUT2D eigenvalue weighted by atomic mass is 32.2. The Kier molecular flexibility index (Phi) is 5.33. The molecule has 2 heterocycles. The highest BCUT2D eigenvalue weighted by molar-refractivity contribution is 7.89. The van der Waals surface area contributed by atoms with E-state index in [9.17, 15) is 13.2 Å². The molecule has 0 saturated carbocycles. The molecule has 0 aliphatic carbocycles. The Morgan fingerprint density at radius 3 is 2.33 bits per heavy atom. The van der Waals surface area contributed by atoms with Crippen LogP contribution in [-0.2, 0) is 10.0 Å². The third-order valence-corrected chi connectivity index (χ3v) is 7.31. The highest BCUT2D eigenvalue weighted by Gasteiger charge is 2.17. The first-order chi connectivity index (χ1) is 14.3. The summed E-state index contributed by atoms with van der Waals surface area (Å²) in [5, 5.41) is 3.68. The molecule has 4 rings (SSSR count). The molecule has 4 aromatic rings. The van der Waals surface area contributed by atoms with Gasteiger partial charge in [-0.15, -0.1) is 0 Å². The highest BCUT2D eigenvalue weighted by Crippen LogP contribution is 2.29. The van der Waals surface area contributed by atoms with Crippen LogP contribution in [0.2, 0.25) is 0 Å². The van der Waals surface area contributed by atoms with E-state index in [4.69, 9.17) is 0 Å². The van der Waals surface area contributed by atoms with Gasteiger partial charge in [0.15, 0.2) is 0 Å². The monoisotopic (exact) mass is 438 g/mol. The number of amides is 1. The van der Waals surface area contributed by atoms with Crippen LogP contribution in [0, 0.1) is 0 Å². The zero-order valence-electron chi connectivity index (χ0n) is 16.2. The Bertz CT molecular complexity index is 1280. The summed E-state index contributed by atoms with van der Waals surface area (Å²) >= 11 is 1.51. The molecule has 152 valence electrons. The molecule has 1 N–H and O–H groups in total. The van der Waals surface area contributed by atoms with Crippen LogP contribution in [0.15, 0.2) is 71.8 Å². The number of carbonyl (C=O) groups is 1. The van der Waals surface area contributed by atoms with Crippen LogP contribution in [0.25, 0.3) is 20.9 Å². The van der Waals surface area contributed by atoms with Gasteiger partial charge < -0.3 is 5.32 Å². The number of nitrogens with one attached hydrogen (secondary N) is 1. The number of rotatable bonds is 5. The van der Waals surface area contributed by atoms with E-state index in [-0.39, 0.29) is 10.8 Å². The Hall–Kier alpha value is -3.14. The van der Waals surface area contributed by atoms with Crippen LogP contribution < -0.4 is 5.32 Å². The van der Waals surface area contributed by atoms with Crippen molar-refractivity contribution < 1.29 is 13.2 Å². The largest absolute Gasteiger partial charge is 0.322 e. The lowest BCUT2D eigenvalue weighted by molar-refractivity contribution is 0.102. The maximum Gasteiger partial charge on any atom is 0.255 e. The van der Waals surface area contributed by atoms with Gasteiger partial charge in [0.2, 0.25) is 10.0 Å². The molecule has 0 atom stereocenters. The number of pyridine rings is 1. The molecule has 2 aromatic heterocycles. The predicted molar refractivity (Wildman–Crippen MR) is 118 cm³/mol. The summed E-state index contributed by atoms with van der Waals surface area (Å²) in [5.74, 6) is -0.319. The van der Waals surface area contributed by atoms with E-state index in [2.05, 4.69) is 15.3 Å². The SMILES string of the molecule is CN(C)S(=O)(=O)c1ccc(C(=O)Nc2ccc(-c3nc4cccnc4s3)cc2)cc1. The summed E-state index contributed by atoms with van der Waals surface area (Å²) in [6.07, 6.45) is 1.74. The first-order valence-corrected chi connectivity index (χ1v) is 11.3. The number of thiazole rings is 1. The maximum absolute atomic E-state index is 12.5. The van der Waals surface area contributed by atoms with Gasteiger partial charge in [0.25, 0.3) is 5.91 Å². The lowest BCUT2D eigenvalue weighted by Crippen LogP contribution is -2.22. The summed E-state index contributed by atoms with van der Waals surface area (Å²) in [4.78, 5) is 22.4. The van der Waals surface area contributed by atoms with Crippen molar-refractivity contribution in [2.75, 3.05) is 19.4 Å². The number of carbonyl (C=O) groups excluding carboxylic acids is 1. The molecule has 2 aromatic carbocycles. The molecule has 1 amide bonds. The standard InChI is InChI=1S/C21H18N4O3S2/c1-25(2)30(27,28)17-11-7-14(8-12-17)19(26)23-16-9-5-15(6-10-16)20-24-18-4-3-13-22-21(18)29-20/h3-13H,1-2H3,(H,23,26). The summed E-state index contributed by atoms with van der Waals surface area (Å²) in [5.41, 5.74) is 2.80. The molecule has 0 saturated heterocycles. The molecule has 0 spiro atoms. The zero-order chi connectivity index (χ0) is 21.3. The van der Waals surface area contributed by atoms with Crippen LogP contribution >= 0.6 is 11.3 Å². The number of hydrogen-bond donors (Lipinski definition) is 1. The van der Waals surface area contributed by atoms with Crippen molar-refractivity contribution in [3.63, 3.8) is 0 Å². The van der Waals surface area contributed by atoms with Crippen LogP contribution in [-0.4, -0.2) is 42.7 Å². The van der Waals surface area contributed by atoms with E-state index in [0.717, 1.165) is 25.2 Å². The van der Waals surface area contributed by atoms with Crippen molar-refractivity contribution in [3.8, 4) is 10.6 Å². The van der Waals surface area contributed by atoms with E-state index >= 15 is 0 Å². The summed E-state index contributed by atoms with van der Waals surface area (Å²) in [6.45, 7) is 0. The van der Waals surface area contributed by atoms with Crippen molar-refractivity contribution in [3.05, 3.63) is 72.4 Å². The number of nitrogens with zero attached hydrogens (tertiary/aromatic N) is 3. The lowest BCUT2D eigenvalue weighted by Gasteiger charge is -2.11. The number of sulfonamides is 1. The molecular weight excluding hydrogens is 420 g/mol. The van der Waals surface area contributed by atoms with E-state index in [0.29, 0.717) is 11.3 Å². The minimum Gasteiger partial charge on any atom is -0.322 e. The number of anilines is 1. The minimum absolute atomic E-state index is 0.138. The van der Waals surface area contributed by atoms with Crippen LogP contribution in [0.4, 0.5) is 5.69 Å². The van der Waals surface area contributed by atoms with Crippen LogP contribution in [0.3, 0.4) is 0 Å². The second kappa shape index (κ2) is 7.94. The molecule has 0 unspecified atom stereocenters. The van der Waals surface area contributed by atoms with Crippen LogP contribution in [0.5, 0.6) is 0 Å². The maximum atomic E-state index is 12.5. The summed E-state index contributed by atoms with van der Waals surface area (Å²) < 4.78 is 25.4. The summed E-state index contributed by atoms with van der Waals surface area (Å²) in [7, 11) is -0.601. The Labute approximate surface area is 178 Å². The van der Waals surface area contributed by atoms with Crippen molar-refractivity contribution in [1.29, 1.82) is 0 Å². The number of aromatic nitrogens is 2. The average Bonchev–Trinajstić information content (AvgIpc) is 3.18. The normalized spacial score (nSPS) is 11.7. The van der Waals surface area contributed by atoms with E-state index < -0.39 is 10.0 Å². The fourth-order valence-electron chi connectivity index (χ4n) is 2.78. The lowest BCUT2D eigenvalue weighted by atomic mass is 10.2. The second-order valence-corrected chi connectivity index (χ2v) is 9.82. The van der Waals surface area contributed by atoms with Crippen molar-refractivity contribution in [2.24, 2.45) is 0 Å². The number of hydrogen-bond acceptors (Lipinski definition) is 6. The van der Waals surface area contributed by atoms with E-state index in [1.165, 1.54) is 49.7 Å². The van der Waals surface area contributed by atoms with Gasteiger partial charge in [0.05, 0.1) is 4.90 Å². The van der Waals surface area contributed by atoms with Gasteiger partial charge in [-0.1, -0.05) is 11.3 Å². The van der Waals surface area contributed by atoms with Gasteiger partial charge in [0, 0.05) is 37.1 Å². The molecule has 9 heteroatoms. The molecular formula is C21H18N4O3S2. The second-order valence-electron chi connectivity index (χ2n) is 6.69. The van der Waals surface area contributed by atoms with Gasteiger partial charge in [-0.05, 0) is 60.7 Å². The van der Waals surface area contributed by atoms with Gasteiger partial charge in [-0.2, -0.15) is 0 Å². The smallest absolute Gasteiger partial charge is 0.255 e. The fourth-order valence-corrected chi connectivity index (χ4v) is 4.60. The zero-order valence-corrected chi connectivity index (χ0v) is 17.9. The van der Waals surface area contributed by atoms with Crippen LogP contribution in [0.1, 0.15) is 10.4 Å². The Morgan fingerprint density at radius 2 is 1.70 bits per heavy atom. The van der Waals surface area contributed by atoms with Crippen molar-refractivity contribution in [1.82, 2.24) is 14.3 Å². The molecule has 0 bridgehead atoms. The van der Waals surface area contributed by atoms with Crippen molar-refractivity contribution in [2.45, 2.75) is 4.90 Å². The molecule has 30 heavy (non-hydrogen) atoms. The Balaban J connectivity index is 1.48. The topological polar surface area (TPSA) is 92.3 Å². The molecule has 0 fully saturated rings. The Morgan fingerprint density at radius 1 is 1.00 bits per heavy atom. The van der Waals surface area contributed by atoms with Gasteiger partial charge >= 0.3 is 0 Å². The third-order valence-electron chi connectivity index (χ3n) is 4.45. The first kappa shape index (κ1) is 20.1. The minimum atomic E-state index is -3.53. The number of benzene rings is 2. The molecule has 0 aliphatic heterocycles. The molecule has 0 radical (unpaired) electrons. The number of fused-ring (bicyclic) bond motifs is 1. The average molecular weight is 439 g/mol. The van der Waals surface area contributed by atoms with E-state index in [1.807, 2.05) is 24.3 Å². The first-order valence-electron chi connectivity index (χ1n) is 9.00. The van der Waals surface area contributed by atoms with Gasteiger partial charge in [0.1, 0.15) is 15.4 Å². The van der Waals surface area contributed by atoms with Crippen molar-refractivity contribution >= 4 is 43.3 Å². The molecule has 7 nitrogen and oxygen atoms in total. The predicted octanol–water partition coefficient (Wildman–Crippen LogP) is 3.86. The molecule has 0 aliphatic rings. The summed E-state index contributed by atoms with van der Waals surface area (Å²) in [6, 6.07) is 17.0. The van der Waals surface area contributed by atoms with E-state index in [1.54, 1.807) is 18.3 Å². The quantitative estimate of drug-likeness (QED) is 0.511.